The first-order valence-corrected chi connectivity index (χ1v) is 15.0. The van der Waals surface area contributed by atoms with E-state index in [9.17, 15) is 13.2 Å². The van der Waals surface area contributed by atoms with Gasteiger partial charge in [0.1, 0.15) is 18.0 Å². The van der Waals surface area contributed by atoms with Gasteiger partial charge in [-0.15, -0.1) is 0 Å². The predicted molar refractivity (Wildman–Crippen MR) is 145 cm³/mol. The normalized spacial score (nSPS) is 27.0. The Morgan fingerprint density at radius 2 is 1.59 bits per heavy atom. The zero-order valence-electron chi connectivity index (χ0n) is 22.2. The number of rotatable bonds is 9. The van der Waals surface area contributed by atoms with Gasteiger partial charge >= 0.3 is 0 Å². The van der Waals surface area contributed by atoms with Crippen molar-refractivity contribution >= 4 is 21.6 Å². The van der Waals surface area contributed by atoms with E-state index in [0.717, 1.165) is 29.6 Å². The Kier molecular flexibility index (Phi) is 6.90. The van der Waals surface area contributed by atoms with Crippen LogP contribution in [0.1, 0.15) is 62.6 Å². The second kappa shape index (κ2) is 9.86. The fourth-order valence-corrected chi connectivity index (χ4v) is 8.38. The molecule has 2 aromatic carbocycles. The van der Waals surface area contributed by atoms with Gasteiger partial charge in [0.15, 0.2) is 0 Å². The number of benzene rings is 2. The summed E-state index contributed by atoms with van der Waals surface area (Å²) in [5.74, 6) is 3.39. The van der Waals surface area contributed by atoms with Gasteiger partial charge in [-0.05, 0) is 105 Å². The first kappa shape index (κ1) is 25.9. The van der Waals surface area contributed by atoms with E-state index in [1.807, 2.05) is 19.1 Å². The molecule has 0 saturated heterocycles. The fraction of sp³-hybridized carbons (Fsp3) is 0.552. The molecule has 2 aromatic rings. The van der Waals surface area contributed by atoms with Gasteiger partial charge in [0.05, 0.1) is 32.2 Å². The Bertz CT molecular complexity index is 1220. The van der Waals surface area contributed by atoms with E-state index in [1.165, 1.54) is 48.4 Å². The number of nitrogens with zero attached hydrogens (tertiary/aromatic N) is 1. The number of ether oxygens (including phenoxy) is 2. The average Bonchev–Trinajstić information content (AvgIpc) is 2.85. The van der Waals surface area contributed by atoms with Crippen molar-refractivity contribution in [1.82, 2.24) is 5.32 Å². The van der Waals surface area contributed by atoms with Crippen LogP contribution in [0.4, 0.5) is 5.69 Å². The van der Waals surface area contributed by atoms with Crippen molar-refractivity contribution in [3.05, 3.63) is 53.6 Å². The third-order valence-corrected chi connectivity index (χ3v) is 9.91. The standard InChI is InChI=1S/C29H38N2O5S/c1-19(26-14-25(35-2)9-10-27(26)36-3)30-28(32)18-31(37(4,33)34)24-7-5-23(6-8-24)29-15-20-11-21(16-29)13-22(12-20)17-29/h5-10,14,19-22H,11-13,15-18H2,1-4H3,(H,30,32)/t19-,20?,21?,22?,29?/m1/s1. The predicted octanol–water partition coefficient (Wildman–Crippen LogP) is 4.82. The third-order valence-electron chi connectivity index (χ3n) is 8.77. The van der Waals surface area contributed by atoms with Crippen LogP contribution in [0.5, 0.6) is 11.5 Å². The summed E-state index contributed by atoms with van der Waals surface area (Å²) in [5, 5.41) is 2.91. The number of sulfonamides is 1. The Labute approximate surface area is 220 Å². The van der Waals surface area contributed by atoms with Crippen LogP contribution in [0.15, 0.2) is 42.5 Å². The second-order valence-electron chi connectivity index (χ2n) is 11.4. The molecule has 37 heavy (non-hydrogen) atoms. The Hall–Kier alpha value is -2.74. The fourth-order valence-electron chi connectivity index (χ4n) is 7.52. The first-order valence-electron chi connectivity index (χ1n) is 13.2. The lowest BCUT2D eigenvalue weighted by Gasteiger charge is -2.57. The first-order chi connectivity index (χ1) is 17.6. The van der Waals surface area contributed by atoms with Crippen molar-refractivity contribution in [1.29, 1.82) is 0 Å². The number of methoxy groups -OCH3 is 2. The van der Waals surface area contributed by atoms with Gasteiger partial charge in [0.2, 0.25) is 15.9 Å². The molecule has 0 aliphatic heterocycles. The van der Waals surface area contributed by atoms with E-state index in [0.29, 0.717) is 17.2 Å². The van der Waals surface area contributed by atoms with Crippen LogP contribution in [-0.4, -0.2) is 41.3 Å². The molecule has 4 bridgehead atoms. The smallest absolute Gasteiger partial charge is 0.241 e. The van der Waals surface area contributed by atoms with E-state index < -0.39 is 22.0 Å². The number of carbonyl (C=O) groups is 1. The van der Waals surface area contributed by atoms with E-state index in [4.69, 9.17) is 9.47 Å². The van der Waals surface area contributed by atoms with Crippen LogP contribution in [0, 0.1) is 17.8 Å². The quantitative estimate of drug-likeness (QED) is 0.507. The summed E-state index contributed by atoms with van der Waals surface area (Å²) in [6.07, 6.45) is 9.05. The highest BCUT2D eigenvalue weighted by Gasteiger charge is 2.51. The van der Waals surface area contributed by atoms with Crippen molar-refractivity contribution in [2.45, 2.75) is 56.9 Å². The highest BCUT2D eigenvalue weighted by Crippen LogP contribution is 2.60. The maximum atomic E-state index is 13.0. The minimum atomic E-state index is -3.67. The third kappa shape index (κ3) is 5.17. The molecule has 8 heteroatoms. The van der Waals surface area contributed by atoms with E-state index in [1.54, 1.807) is 32.4 Å². The van der Waals surface area contributed by atoms with E-state index in [2.05, 4.69) is 17.4 Å². The SMILES string of the molecule is COc1ccc(OC)c([C@@H](C)NC(=O)CN(c2ccc(C34CC5CC(CC(C5)C3)C4)cc2)S(C)(=O)=O)c1. The Morgan fingerprint density at radius 1 is 1.00 bits per heavy atom. The molecule has 6 rings (SSSR count). The maximum Gasteiger partial charge on any atom is 0.241 e. The van der Waals surface area contributed by atoms with Gasteiger partial charge in [-0.2, -0.15) is 0 Å². The van der Waals surface area contributed by atoms with Crippen molar-refractivity contribution < 1.29 is 22.7 Å². The Morgan fingerprint density at radius 3 is 2.11 bits per heavy atom. The molecule has 1 atom stereocenters. The molecule has 0 radical (unpaired) electrons. The van der Waals surface area contributed by atoms with E-state index in [-0.39, 0.29) is 12.0 Å². The molecule has 200 valence electrons. The summed E-state index contributed by atoms with van der Waals surface area (Å²) >= 11 is 0. The molecule has 0 heterocycles. The number of hydrogen-bond donors (Lipinski definition) is 1. The van der Waals surface area contributed by atoms with Gasteiger partial charge in [-0.1, -0.05) is 12.1 Å². The molecule has 1 N–H and O–H groups in total. The molecule has 4 fully saturated rings. The van der Waals surface area contributed by atoms with Crippen LogP contribution in [0.3, 0.4) is 0 Å². The largest absolute Gasteiger partial charge is 0.497 e. The molecule has 4 aliphatic rings. The zero-order valence-corrected chi connectivity index (χ0v) is 23.0. The van der Waals surface area contributed by atoms with Gasteiger partial charge in [0, 0.05) is 5.56 Å². The minimum Gasteiger partial charge on any atom is -0.497 e. The molecule has 0 aromatic heterocycles. The summed E-state index contributed by atoms with van der Waals surface area (Å²) in [5.41, 5.74) is 2.83. The molecule has 4 aliphatic carbocycles. The van der Waals surface area contributed by atoms with Crippen molar-refractivity contribution in [3.8, 4) is 11.5 Å². The summed E-state index contributed by atoms with van der Waals surface area (Å²) in [6, 6.07) is 12.9. The number of carbonyl (C=O) groups excluding carboxylic acids is 1. The summed E-state index contributed by atoms with van der Waals surface area (Å²) in [4.78, 5) is 13.0. The second-order valence-corrected chi connectivity index (χ2v) is 13.3. The van der Waals surface area contributed by atoms with Gasteiger partial charge in [-0.25, -0.2) is 8.42 Å². The average molecular weight is 527 g/mol. The zero-order chi connectivity index (χ0) is 26.4. The van der Waals surface area contributed by atoms with Crippen molar-refractivity contribution in [3.63, 3.8) is 0 Å². The highest BCUT2D eigenvalue weighted by molar-refractivity contribution is 7.92. The number of hydrogen-bond acceptors (Lipinski definition) is 5. The molecule has 0 spiro atoms. The lowest BCUT2D eigenvalue weighted by atomic mass is 9.48. The summed E-state index contributed by atoms with van der Waals surface area (Å²) in [6.45, 7) is 1.53. The monoisotopic (exact) mass is 526 g/mol. The van der Waals surface area contributed by atoms with Gasteiger partial charge in [-0.3, -0.25) is 9.10 Å². The lowest BCUT2D eigenvalue weighted by molar-refractivity contribution is -0.120. The van der Waals surface area contributed by atoms with Crippen LogP contribution in [0.25, 0.3) is 0 Å². The van der Waals surface area contributed by atoms with Crippen molar-refractivity contribution in [2.24, 2.45) is 17.8 Å². The lowest BCUT2D eigenvalue weighted by Crippen LogP contribution is -2.48. The molecular weight excluding hydrogens is 488 g/mol. The summed E-state index contributed by atoms with van der Waals surface area (Å²) in [7, 11) is -0.522. The minimum absolute atomic E-state index is 0.242. The maximum absolute atomic E-state index is 13.0. The van der Waals surface area contributed by atoms with Crippen molar-refractivity contribution in [2.75, 3.05) is 31.3 Å². The topological polar surface area (TPSA) is 84.9 Å². The molecule has 4 saturated carbocycles. The molecule has 7 nitrogen and oxygen atoms in total. The molecule has 0 unspecified atom stereocenters. The van der Waals surface area contributed by atoms with Crippen LogP contribution >= 0.6 is 0 Å². The van der Waals surface area contributed by atoms with E-state index >= 15 is 0 Å². The van der Waals surface area contributed by atoms with Crippen LogP contribution in [0.2, 0.25) is 0 Å². The molecule has 1 amide bonds. The van der Waals surface area contributed by atoms with Crippen LogP contribution in [-0.2, 0) is 20.2 Å². The summed E-state index contributed by atoms with van der Waals surface area (Å²) < 4.78 is 37.4. The number of amides is 1. The number of nitrogens with one attached hydrogen (secondary N) is 1. The van der Waals surface area contributed by atoms with Crippen LogP contribution < -0.4 is 19.1 Å². The Balaban J connectivity index is 1.32. The molecular formula is C29H38N2O5S. The number of anilines is 1. The highest BCUT2D eigenvalue weighted by atomic mass is 32.2. The van der Waals surface area contributed by atoms with Gasteiger partial charge in [0.25, 0.3) is 0 Å². The van der Waals surface area contributed by atoms with Gasteiger partial charge < -0.3 is 14.8 Å².